The highest BCUT2D eigenvalue weighted by Gasteiger charge is 2.31. The van der Waals surface area contributed by atoms with Crippen LogP contribution in [0.15, 0.2) is 0 Å². The second kappa shape index (κ2) is 3.48. The van der Waals surface area contributed by atoms with Gasteiger partial charge in [0.2, 0.25) is 0 Å². The number of carbonyl (C=O) groups is 1. The predicted molar refractivity (Wildman–Crippen MR) is 48.8 cm³/mol. The number of anilines is 1. The van der Waals surface area contributed by atoms with Crippen LogP contribution in [0, 0.1) is 0 Å². The van der Waals surface area contributed by atoms with Crippen molar-refractivity contribution in [1.82, 2.24) is 15.0 Å². The number of ether oxygens (including phenoxy) is 1. The van der Waals surface area contributed by atoms with Gasteiger partial charge in [-0.3, -0.25) is 4.79 Å². The fourth-order valence-electron chi connectivity index (χ4n) is 1.49. The Balaban J connectivity index is 2.33. The van der Waals surface area contributed by atoms with Gasteiger partial charge < -0.3 is 21.3 Å². The first kappa shape index (κ1) is 9.87. The fraction of sp³-hybridized carbons (Fsp3) is 0.571. The minimum Gasteiger partial charge on any atom is -0.388 e. The molecule has 1 aliphatic rings. The van der Waals surface area contributed by atoms with Gasteiger partial charge in [-0.15, -0.1) is 5.10 Å². The van der Waals surface area contributed by atoms with E-state index in [1.807, 2.05) is 0 Å². The molecule has 8 nitrogen and oxygen atoms in total. The molecule has 2 heterocycles. The van der Waals surface area contributed by atoms with Gasteiger partial charge >= 0.3 is 0 Å². The largest absolute Gasteiger partial charge is 0.388 e. The normalized spacial score (nSPS) is 25.7. The molecule has 0 unspecified atom stereocenters. The molecule has 2 atom stereocenters. The van der Waals surface area contributed by atoms with Crippen molar-refractivity contribution in [2.75, 3.05) is 18.9 Å². The SMILES string of the molecule is NC(=O)c1nnn([C@H]2COC[C@H]2O)c1N. The van der Waals surface area contributed by atoms with E-state index in [4.69, 9.17) is 16.2 Å². The van der Waals surface area contributed by atoms with Crippen LogP contribution >= 0.6 is 0 Å². The molecular weight excluding hydrogens is 202 g/mol. The van der Waals surface area contributed by atoms with E-state index in [2.05, 4.69) is 10.3 Å². The molecule has 1 fully saturated rings. The Kier molecular flexibility index (Phi) is 2.29. The Labute approximate surface area is 84.8 Å². The van der Waals surface area contributed by atoms with Crippen LogP contribution in [0.3, 0.4) is 0 Å². The summed E-state index contributed by atoms with van der Waals surface area (Å²) in [6, 6.07) is -0.411. The Bertz CT molecular complexity index is 390. The average Bonchev–Trinajstić information content (AvgIpc) is 2.71. The quantitative estimate of drug-likeness (QED) is 0.515. The third kappa shape index (κ3) is 1.53. The van der Waals surface area contributed by atoms with Crippen LogP contribution in [0.1, 0.15) is 16.5 Å². The molecule has 82 valence electrons. The second-order valence-corrected chi connectivity index (χ2v) is 3.30. The van der Waals surface area contributed by atoms with Crippen LogP contribution in [-0.2, 0) is 4.74 Å². The first-order valence-electron chi connectivity index (χ1n) is 4.37. The summed E-state index contributed by atoms with van der Waals surface area (Å²) >= 11 is 0. The van der Waals surface area contributed by atoms with E-state index in [-0.39, 0.29) is 24.7 Å². The number of carbonyl (C=O) groups excluding carboxylic acids is 1. The number of aliphatic hydroxyl groups is 1. The highest BCUT2D eigenvalue weighted by molar-refractivity contribution is 5.94. The number of rotatable bonds is 2. The molecule has 15 heavy (non-hydrogen) atoms. The third-order valence-corrected chi connectivity index (χ3v) is 2.30. The molecule has 0 radical (unpaired) electrons. The van der Waals surface area contributed by atoms with E-state index in [0.717, 1.165) is 0 Å². The van der Waals surface area contributed by atoms with Gasteiger partial charge in [0.25, 0.3) is 5.91 Å². The van der Waals surface area contributed by atoms with Crippen molar-refractivity contribution in [3.63, 3.8) is 0 Å². The number of primary amides is 1. The highest BCUT2D eigenvalue weighted by Crippen LogP contribution is 2.22. The monoisotopic (exact) mass is 213 g/mol. The zero-order chi connectivity index (χ0) is 11.0. The summed E-state index contributed by atoms with van der Waals surface area (Å²) in [6.45, 7) is 0.503. The van der Waals surface area contributed by atoms with Gasteiger partial charge in [-0.2, -0.15) is 0 Å². The molecule has 5 N–H and O–H groups in total. The molecule has 1 aromatic rings. The lowest BCUT2D eigenvalue weighted by atomic mass is 10.2. The molecule has 0 bridgehead atoms. The Hall–Kier alpha value is -1.67. The predicted octanol–water partition coefficient (Wildman–Crippen LogP) is -2.11. The van der Waals surface area contributed by atoms with Gasteiger partial charge in [0.1, 0.15) is 12.1 Å². The van der Waals surface area contributed by atoms with E-state index in [1.165, 1.54) is 4.68 Å². The molecule has 0 aromatic carbocycles. The zero-order valence-corrected chi connectivity index (χ0v) is 7.83. The van der Waals surface area contributed by atoms with Crippen LogP contribution in [-0.4, -0.2) is 45.3 Å². The molecular formula is C7H11N5O3. The smallest absolute Gasteiger partial charge is 0.273 e. The van der Waals surface area contributed by atoms with Crippen LogP contribution in [0.25, 0.3) is 0 Å². The van der Waals surface area contributed by atoms with Crippen LogP contribution in [0.2, 0.25) is 0 Å². The van der Waals surface area contributed by atoms with Crippen molar-refractivity contribution in [2.24, 2.45) is 5.73 Å². The van der Waals surface area contributed by atoms with Crippen molar-refractivity contribution < 1.29 is 14.6 Å². The number of hydrogen-bond donors (Lipinski definition) is 3. The van der Waals surface area contributed by atoms with Crippen molar-refractivity contribution in [3.8, 4) is 0 Å². The standard InChI is InChI=1S/C7H11N5O3/c8-6-5(7(9)14)10-11-12(6)3-1-15-2-4(3)13/h3-4,13H,1-2,8H2,(H2,9,14)/t3-,4+/m0/s1. The van der Waals surface area contributed by atoms with E-state index >= 15 is 0 Å². The summed E-state index contributed by atoms with van der Waals surface area (Å²) in [5.41, 5.74) is 10.6. The average molecular weight is 213 g/mol. The maximum Gasteiger partial charge on any atom is 0.273 e. The first-order valence-corrected chi connectivity index (χ1v) is 4.37. The summed E-state index contributed by atoms with van der Waals surface area (Å²) in [5, 5.41) is 16.7. The van der Waals surface area contributed by atoms with Gasteiger partial charge in [0, 0.05) is 0 Å². The fourth-order valence-corrected chi connectivity index (χ4v) is 1.49. The molecule has 0 spiro atoms. The van der Waals surface area contributed by atoms with Crippen molar-refractivity contribution in [2.45, 2.75) is 12.1 Å². The highest BCUT2D eigenvalue weighted by atomic mass is 16.5. The number of nitrogens with two attached hydrogens (primary N) is 2. The maximum atomic E-state index is 10.9. The number of nitrogen functional groups attached to an aromatic ring is 1. The third-order valence-electron chi connectivity index (χ3n) is 2.30. The van der Waals surface area contributed by atoms with Crippen LogP contribution < -0.4 is 11.5 Å². The van der Waals surface area contributed by atoms with Crippen LogP contribution in [0.4, 0.5) is 5.82 Å². The minimum atomic E-state index is -0.743. The summed E-state index contributed by atoms with van der Waals surface area (Å²) in [6.07, 6.45) is -0.699. The van der Waals surface area contributed by atoms with Crippen LogP contribution in [0.5, 0.6) is 0 Å². The lowest BCUT2D eigenvalue weighted by Crippen LogP contribution is -2.25. The number of aromatic nitrogens is 3. The maximum absolute atomic E-state index is 10.9. The topological polar surface area (TPSA) is 129 Å². The Morgan fingerprint density at radius 1 is 1.60 bits per heavy atom. The molecule has 1 amide bonds. The van der Waals surface area contributed by atoms with Gasteiger partial charge in [-0.25, -0.2) is 4.68 Å². The molecule has 8 heteroatoms. The van der Waals surface area contributed by atoms with E-state index in [0.29, 0.717) is 0 Å². The van der Waals surface area contributed by atoms with Crippen molar-refractivity contribution in [3.05, 3.63) is 5.69 Å². The van der Waals surface area contributed by atoms with Crippen molar-refractivity contribution in [1.29, 1.82) is 0 Å². The van der Waals surface area contributed by atoms with Crippen molar-refractivity contribution >= 4 is 11.7 Å². The molecule has 1 saturated heterocycles. The molecule has 2 rings (SSSR count). The molecule has 1 aromatic heterocycles. The van der Waals surface area contributed by atoms with E-state index in [1.54, 1.807) is 0 Å². The first-order chi connectivity index (χ1) is 7.11. The van der Waals surface area contributed by atoms with E-state index in [9.17, 15) is 9.90 Å². The summed E-state index contributed by atoms with van der Waals surface area (Å²) in [7, 11) is 0. The number of nitrogens with zero attached hydrogens (tertiary/aromatic N) is 3. The number of amides is 1. The minimum absolute atomic E-state index is 0.0528. The van der Waals surface area contributed by atoms with E-state index < -0.39 is 18.1 Å². The lowest BCUT2D eigenvalue weighted by Gasteiger charge is -2.12. The molecule has 0 saturated carbocycles. The number of hydrogen-bond acceptors (Lipinski definition) is 6. The Morgan fingerprint density at radius 2 is 2.33 bits per heavy atom. The zero-order valence-electron chi connectivity index (χ0n) is 7.83. The second-order valence-electron chi connectivity index (χ2n) is 3.30. The molecule has 0 aliphatic carbocycles. The van der Waals surface area contributed by atoms with Gasteiger partial charge in [0.05, 0.1) is 13.2 Å². The molecule has 1 aliphatic heterocycles. The summed E-state index contributed by atoms with van der Waals surface area (Å²) in [5.74, 6) is -0.691. The summed E-state index contributed by atoms with van der Waals surface area (Å²) in [4.78, 5) is 10.9. The van der Waals surface area contributed by atoms with Gasteiger partial charge in [-0.05, 0) is 0 Å². The Morgan fingerprint density at radius 3 is 2.80 bits per heavy atom. The van der Waals surface area contributed by atoms with Gasteiger partial charge in [0.15, 0.2) is 11.5 Å². The lowest BCUT2D eigenvalue weighted by molar-refractivity contribution is 0.0996. The number of aliphatic hydroxyl groups excluding tert-OH is 1. The van der Waals surface area contributed by atoms with Gasteiger partial charge in [-0.1, -0.05) is 5.21 Å². The summed E-state index contributed by atoms with van der Waals surface area (Å²) < 4.78 is 6.30.